The molecule has 0 saturated heterocycles. The van der Waals surface area contributed by atoms with Gasteiger partial charge in [-0.25, -0.2) is 0 Å². The van der Waals surface area contributed by atoms with Crippen LogP contribution >= 0.6 is 0 Å². The molecule has 0 spiro atoms. The molecule has 0 fully saturated rings. The zero-order chi connectivity index (χ0) is 46.1. The van der Waals surface area contributed by atoms with Gasteiger partial charge in [-0.1, -0.05) is 0 Å². The number of benzene rings is 3. The van der Waals surface area contributed by atoms with E-state index in [4.69, 9.17) is 0 Å². The molecule has 0 N–H and O–H groups in total. The topological polar surface area (TPSA) is 0 Å². The fourth-order valence-corrected chi connectivity index (χ4v) is 35.2. The maximum Gasteiger partial charge on any atom is -1.00 e. The second-order valence-electron chi connectivity index (χ2n) is 25.4. The molecule has 1 unspecified atom stereocenters. The minimum atomic E-state index is -3.22. The Hall–Kier alpha value is 0.242. The summed E-state index contributed by atoms with van der Waals surface area (Å²) in [6, 6.07) is 8.59. The number of allylic oxidation sites excluding steroid dienone is 4. The minimum Gasteiger partial charge on any atom is -1.00 e. The summed E-state index contributed by atoms with van der Waals surface area (Å²) in [5, 5.41) is 17.5. The quantitative estimate of drug-likeness (QED) is 0.212. The molecule has 0 amide bonds. The normalized spacial score (nSPS) is 17.0. The van der Waals surface area contributed by atoms with Gasteiger partial charge in [-0.2, -0.15) is 0 Å². The summed E-state index contributed by atoms with van der Waals surface area (Å²) in [6.07, 6.45) is 0. The largest absolute Gasteiger partial charge is 1.00 e. The predicted molar refractivity (Wildman–Crippen MR) is 290 cm³/mol. The van der Waals surface area contributed by atoms with Gasteiger partial charge in [-0.3, -0.25) is 0 Å². The van der Waals surface area contributed by atoms with Gasteiger partial charge in [-0.05, 0) is 0 Å². The Bertz CT molecular complexity index is 2080. The van der Waals surface area contributed by atoms with Gasteiger partial charge < -0.3 is 37.2 Å². The molecule has 0 heterocycles. The summed E-state index contributed by atoms with van der Waals surface area (Å²) >= 11 is 2.64. The molecule has 0 aliphatic heterocycles. The third-order valence-electron chi connectivity index (χ3n) is 14.8. The Kier molecular flexibility index (Phi) is 18.4. The molecule has 0 bridgehead atoms. The van der Waals surface area contributed by atoms with E-state index in [1.807, 2.05) is 0 Å². The van der Waals surface area contributed by atoms with Crippen LogP contribution in [0.5, 0.6) is 0 Å². The number of halogens is 3. The fourth-order valence-electron chi connectivity index (χ4n) is 11.1. The van der Waals surface area contributed by atoms with Gasteiger partial charge in [0, 0.05) is 0 Å². The van der Waals surface area contributed by atoms with E-state index in [9.17, 15) is 0 Å². The number of hydrogen-bond acceptors (Lipinski definition) is 0. The molecular weight excluding hydrogens is 963 g/mol. The second-order valence-corrected chi connectivity index (χ2v) is 60.7. The van der Waals surface area contributed by atoms with Crippen LogP contribution in [0.4, 0.5) is 0 Å². The van der Waals surface area contributed by atoms with E-state index < -0.39 is 56.5 Å². The van der Waals surface area contributed by atoms with E-state index in [-0.39, 0.29) is 40.9 Å². The third-order valence-corrected chi connectivity index (χ3v) is 35.2. The SMILES string of the molecule is CC1=C(C)[C](C)([Ti+3])C([Si](c2c([Si](C)(C)C)cc([Si](C)(C)C)c(C)c2C)(c2c([Si](C)(C)C)cc([Si](C)(C)C)c(C)c2C)c2c([Si](C)(C)C)cc([Si](C)(C)C)c(C)c2C)=C1C.[Cl-].[Cl-].[Cl-]. The van der Waals surface area contributed by atoms with Crippen LogP contribution in [0.1, 0.15) is 61.1 Å². The van der Waals surface area contributed by atoms with Gasteiger partial charge >= 0.3 is 388 Å². The summed E-state index contributed by atoms with van der Waals surface area (Å²) < 4.78 is -0.0993. The summed E-state index contributed by atoms with van der Waals surface area (Å²) in [6.45, 7) is 73.1. The van der Waals surface area contributed by atoms with Crippen LogP contribution in [0.2, 0.25) is 122 Å². The van der Waals surface area contributed by atoms with Crippen molar-refractivity contribution in [3.05, 3.63) is 73.5 Å². The Morgan fingerprint density at radius 1 is 0.339 bits per heavy atom. The number of rotatable bonds is 10. The fraction of sp³-hybridized carbons (Fsp3) is 0.569. The molecule has 11 heteroatoms. The molecule has 344 valence electrons. The monoisotopic (exact) mass is 1050 g/mol. The average molecular weight is 1050 g/mol. The van der Waals surface area contributed by atoms with Gasteiger partial charge in [0.1, 0.15) is 0 Å². The van der Waals surface area contributed by atoms with Crippen LogP contribution in [0.25, 0.3) is 0 Å². The minimum absolute atomic E-state index is 0. The van der Waals surface area contributed by atoms with Crippen LogP contribution in [-0.4, -0.2) is 56.5 Å². The van der Waals surface area contributed by atoms with Gasteiger partial charge in [0.2, 0.25) is 0 Å². The van der Waals surface area contributed by atoms with Crippen molar-refractivity contribution in [1.82, 2.24) is 0 Å². The maximum atomic E-state index is 2.86. The van der Waals surface area contributed by atoms with Crippen molar-refractivity contribution < 1.29 is 57.7 Å². The van der Waals surface area contributed by atoms with Crippen molar-refractivity contribution in [2.75, 3.05) is 0 Å². The van der Waals surface area contributed by atoms with Crippen LogP contribution < -0.4 is 83.9 Å². The van der Waals surface area contributed by atoms with Gasteiger partial charge in [-0.15, -0.1) is 0 Å². The first-order valence-corrected chi connectivity index (χ1v) is 46.5. The molecule has 1 atom stereocenters. The van der Waals surface area contributed by atoms with Crippen molar-refractivity contribution in [3.63, 3.8) is 0 Å². The molecule has 1 aliphatic carbocycles. The van der Waals surface area contributed by atoms with Crippen LogP contribution in [-0.2, 0) is 20.4 Å². The molecule has 0 aromatic heterocycles. The van der Waals surface area contributed by atoms with E-state index in [1.54, 1.807) is 96.4 Å². The van der Waals surface area contributed by atoms with E-state index in [1.165, 1.54) is 5.57 Å². The molecule has 0 radical (unpaired) electrons. The molecule has 62 heavy (non-hydrogen) atoms. The first kappa shape index (κ1) is 60.3. The average Bonchev–Trinajstić information content (AvgIpc) is 3.17. The Labute approximate surface area is 421 Å². The second kappa shape index (κ2) is 19.0. The van der Waals surface area contributed by atoms with Gasteiger partial charge in [0.05, 0.1) is 0 Å². The third kappa shape index (κ3) is 10.2. The van der Waals surface area contributed by atoms with Crippen LogP contribution in [0.3, 0.4) is 0 Å². The first-order valence-electron chi connectivity index (χ1n) is 22.7. The summed E-state index contributed by atoms with van der Waals surface area (Å²) in [7, 11) is -14.3. The molecule has 4 rings (SSSR count). The number of hydrogen-bond donors (Lipinski definition) is 0. The van der Waals surface area contributed by atoms with Crippen LogP contribution in [0.15, 0.2) is 40.1 Å². The van der Waals surface area contributed by atoms with Crippen molar-refractivity contribution in [3.8, 4) is 0 Å². The first-order chi connectivity index (χ1) is 26.1. The van der Waals surface area contributed by atoms with Gasteiger partial charge in [0.25, 0.3) is 0 Å². The predicted octanol–water partition coefficient (Wildman–Crippen LogP) is 1.22. The van der Waals surface area contributed by atoms with Crippen molar-refractivity contribution in [2.45, 2.75) is 191 Å². The Morgan fingerprint density at radius 2 is 0.548 bits per heavy atom. The molecular formula is C51H87Cl3Si7Ti. The molecule has 1 aliphatic rings. The maximum absolute atomic E-state index is 3.22. The van der Waals surface area contributed by atoms with E-state index >= 15 is 0 Å². The van der Waals surface area contributed by atoms with Crippen LogP contribution in [0, 0.1) is 41.5 Å². The van der Waals surface area contributed by atoms with E-state index in [0.29, 0.717) is 0 Å². The van der Waals surface area contributed by atoms with Crippen molar-refractivity contribution in [1.29, 1.82) is 0 Å². The van der Waals surface area contributed by atoms with Gasteiger partial charge in [0.15, 0.2) is 0 Å². The molecule has 3 aromatic rings. The Morgan fingerprint density at radius 3 is 0.710 bits per heavy atom. The molecule has 3 aromatic carbocycles. The molecule has 0 nitrogen and oxygen atoms in total. The zero-order valence-corrected chi connectivity index (χ0v) is 55.7. The summed E-state index contributed by atoms with van der Waals surface area (Å²) in [5.74, 6) is 0. The molecule has 0 saturated carbocycles. The summed E-state index contributed by atoms with van der Waals surface area (Å²) in [5.41, 5.74) is 14.3. The zero-order valence-electron chi connectivity index (χ0n) is 44.9. The van der Waals surface area contributed by atoms with Crippen molar-refractivity contribution in [2.24, 2.45) is 0 Å². The van der Waals surface area contributed by atoms with Crippen molar-refractivity contribution >= 4 is 103 Å². The van der Waals surface area contributed by atoms with E-state index in [0.717, 1.165) is 0 Å². The Balaban J connectivity index is 0.00000641. The standard InChI is InChI=1S/C51H87Si7.3ClH.Ti/c1-32-33(2)38(7)48(37(32)6)58(49-39(8)34(3)42(52(11,12)13)29-45(49)55(20,21)22,50-40(9)35(4)43(53(14,15)16)30-46(50)56(23,24)25)51-41(10)36(5)44(54(17,18)19)31-47(51)57(26,27)28;;;;/h29-31H,1-28H3;3*1H;/q;;;;+3/p-3. The summed E-state index contributed by atoms with van der Waals surface area (Å²) in [4.78, 5) is 0. The van der Waals surface area contributed by atoms with E-state index in [2.05, 4.69) is 226 Å². The smallest absolute Gasteiger partial charge is 1.00 e.